The Labute approximate surface area is 157 Å². The minimum Gasteiger partial charge on any atom is -0.494 e. The highest BCUT2D eigenvalue weighted by Gasteiger charge is 2.38. The van der Waals surface area contributed by atoms with Gasteiger partial charge in [0.05, 0.1) is 7.11 Å². The predicted molar refractivity (Wildman–Crippen MR) is 99.5 cm³/mol. The van der Waals surface area contributed by atoms with Crippen LogP contribution in [-0.4, -0.2) is 50.3 Å². The number of carbonyl (C=O) groups excluding carboxylic acids is 1. The summed E-state index contributed by atoms with van der Waals surface area (Å²) in [5.74, 6) is 1.57. The van der Waals surface area contributed by atoms with Crippen molar-refractivity contribution in [1.82, 2.24) is 10.1 Å². The first-order valence-corrected chi connectivity index (χ1v) is 9.28. The van der Waals surface area contributed by atoms with Gasteiger partial charge in [0, 0.05) is 32.7 Å². The van der Waals surface area contributed by atoms with E-state index in [2.05, 4.69) is 5.16 Å². The van der Waals surface area contributed by atoms with Gasteiger partial charge in [-0.2, -0.15) is 0 Å². The molecule has 4 rings (SSSR count). The minimum absolute atomic E-state index is 0.0742. The lowest BCUT2D eigenvalue weighted by atomic mass is 9.97. The Morgan fingerprint density at radius 3 is 2.63 bits per heavy atom. The number of rotatable bonds is 4. The van der Waals surface area contributed by atoms with Crippen LogP contribution in [0, 0.1) is 17.7 Å². The molecule has 0 N–H and O–H groups in total. The third-order valence-electron chi connectivity index (χ3n) is 5.62. The third-order valence-corrected chi connectivity index (χ3v) is 5.62. The topological polar surface area (TPSA) is 58.8 Å². The molecule has 0 radical (unpaired) electrons. The van der Waals surface area contributed by atoms with Crippen LogP contribution in [-0.2, 0) is 0 Å². The highest BCUT2D eigenvalue weighted by atomic mass is 19.1. The fraction of sp³-hybridized carbons (Fsp3) is 0.500. The Bertz CT molecular complexity index is 852. The number of nitrogens with zero attached hydrogens (tertiary/aromatic N) is 3. The summed E-state index contributed by atoms with van der Waals surface area (Å²) in [6.07, 6.45) is 3.61. The van der Waals surface area contributed by atoms with Crippen LogP contribution in [0.4, 0.5) is 10.2 Å². The van der Waals surface area contributed by atoms with Crippen LogP contribution in [0.1, 0.15) is 29.6 Å². The maximum absolute atomic E-state index is 13.8. The van der Waals surface area contributed by atoms with Gasteiger partial charge in [0.2, 0.25) is 0 Å². The highest BCUT2D eigenvalue weighted by molar-refractivity contribution is 6.04. The summed E-state index contributed by atoms with van der Waals surface area (Å²) >= 11 is 0. The molecule has 27 heavy (non-hydrogen) atoms. The van der Waals surface area contributed by atoms with Gasteiger partial charge >= 0.3 is 0 Å². The van der Waals surface area contributed by atoms with Crippen LogP contribution in [0.3, 0.4) is 0 Å². The van der Waals surface area contributed by atoms with E-state index in [0.29, 0.717) is 34.5 Å². The molecule has 1 aromatic heterocycles. The number of fused-ring (bicyclic) bond motifs is 2. The van der Waals surface area contributed by atoms with E-state index < -0.39 is 5.82 Å². The molecule has 6 nitrogen and oxygen atoms in total. The average Bonchev–Trinajstić information content (AvgIpc) is 3.24. The molecule has 7 heteroatoms. The molecule has 0 spiro atoms. The largest absolute Gasteiger partial charge is 0.494 e. The van der Waals surface area contributed by atoms with Gasteiger partial charge in [0.15, 0.2) is 23.1 Å². The van der Waals surface area contributed by atoms with Crippen molar-refractivity contribution >= 4 is 11.7 Å². The van der Waals surface area contributed by atoms with Crippen molar-refractivity contribution in [2.45, 2.75) is 19.3 Å². The lowest BCUT2D eigenvalue weighted by molar-refractivity contribution is 0.0663. The Balaban J connectivity index is 1.75. The van der Waals surface area contributed by atoms with Crippen LogP contribution < -0.4 is 9.64 Å². The standard InChI is InChI=1S/C20H24FN3O3/c1-23(2)19-17(20(25)24-10-12-4-5-13(8-12)11-24)18(27-22-19)14-6-7-15(21)16(9-14)26-3/h6-7,9,12-13H,4-5,8,10-11H2,1-3H3/t12-,13+. The van der Waals surface area contributed by atoms with E-state index >= 15 is 0 Å². The summed E-state index contributed by atoms with van der Waals surface area (Å²) < 4.78 is 24.4. The van der Waals surface area contributed by atoms with E-state index in [1.807, 2.05) is 19.0 Å². The molecule has 0 unspecified atom stereocenters. The number of benzene rings is 1. The number of amides is 1. The number of aromatic nitrogens is 1. The molecule has 1 aliphatic heterocycles. The zero-order chi connectivity index (χ0) is 19.1. The molecule has 2 aliphatic rings. The number of likely N-dealkylation sites (tertiary alicyclic amines) is 1. The van der Waals surface area contributed by atoms with E-state index in [4.69, 9.17) is 9.26 Å². The van der Waals surface area contributed by atoms with E-state index in [-0.39, 0.29) is 11.7 Å². The molecule has 2 atom stereocenters. The molecule has 1 aliphatic carbocycles. The molecule has 1 saturated carbocycles. The Morgan fingerprint density at radius 1 is 1.30 bits per heavy atom. The number of hydrogen-bond donors (Lipinski definition) is 0. The first-order chi connectivity index (χ1) is 13.0. The molecule has 2 aromatic rings. The normalized spacial score (nSPS) is 21.4. The average molecular weight is 373 g/mol. The summed E-state index contributed by atoms with van der Waals surface area (Å²) in [6.45, 7) is 1.55. The molecule has 1 saturated heterocycles. The van der Waals surface area contributed by atoms with E-state index in [0.717, 1.165) is 13.1 Å². The van der Waals surface area contributed by atoms with Crippen molar-refractivity contribution in [3.63, 3.8) is 0 Å². The molecule has 1 aromatic carbocycles. The van der Waals surface area contributed by atoms with Gasteiger partial charge < -0.3 is 19.1 Å². The Kier molecular flexibility index (Phi) is 4.53. The number of ether oxygens (including phenoxy) is 1. The second-order valence-corrected chi connectivity index (χ2v) is 7.71. The highest BCUT2D eigenvalue weighted by Crippen LogP contribution is 2.39. The lowest BCUT2D eigenvalue weighted by Crippen LogP contribution is -2.41. The monoisotopic (exact) mass is 373 g/mol. The lowest BCUT2D eigenvalue weighted by Gasteiger charge is -2.32. The first-order valence-electron chi connectivity index (χ1n) is 9.28. The van der Waals surface area contributed by atoms with Gasteiger partial charge in [-0.3, -0.25) is 4.79 Å². The van der Waals surface area contributed by atoms with Crippen molar-refractivity contribution in [3.8, 4) is 17.1 Å². The van der Waals surface area contributed by atoms with E-state index in [1.54, 1.807) is 11.0 Å². The number of hydrogen-bond acceptors (Lipinski definition) is 5. The zero-order valence-electron chi connectivity index (χ0n) is 15.9. The fourth-order valence-corrected chi connectivity index (χ4v) is 4.31. The summed E-state index contributed by atoms with van der Waals surface area (Å²) in [4.78, 5) is 17.1. The minimum atomic E-state index is -0.464. The molecular weight excluding hydrogens is 349 g/mol. The molecule has 2 fully saturated rings. The quantitative estimate of drug-likeness (QED) is 0.822. The second-order valence-electron chi connectivity index (χ2n) is 7.71. The fourth-order valence-electron chi connectivity index (χ4n) is 4.31. The van der Waals surface area contributed by atoms with Crippen molar-refractivity contribution in [3.05, 3.63) is 29.6 Å². The van der Waals surface area contributed by atoms with E-state index in [9.17, 15) is 9.18 Å². The van der Waals surface area contributed by atoms with Crippen molar-refractivity contribution < 1.29 is 18.4 Å². The number of piperidine rings is 1. The van der Waals surface area contributed by atoms with E-state index in [1.165, 1.54) is 38.5 Å². The van der Waals surface area contributed by atoms with Crippen LogP contribution in [0.5, 0.6) is 5.75 Å². The predicted octanol–water partition coefficient (Wildman–Crippen LogP) is 3.43. The third kappa shape index (κ3) is 3.15. The number of halogens is 1. The van der Waals surface area contributed by atoms with Crippen LogP contribution in [0.2, 0.25) is 0 Å². The number of methoxy groups -OCH3 is 1. The van der Waals surface area contributed by atoms with Gasteiger partial charge in [0.25, 0.3) is 5.91 Å². The SMILES string of the molecule is COc1cc(-c2onc(N(C)C)c2C(=O)N2C[C@@H]3CC[C@@H](C3)C2)ccc1F. The van der Waals surface area contributed by atoms with Crippen LogP contribution >= 0.6 is 0 Å². The smallest absolute Gasteiger partial charge is 0.261 e. The summed E-state index contributed by atoms with van der Waals surface area (Å²) in [5, 5.41) is 4.11. The van der Waals surface area contributed by atoms with Crippen LogP contribution in [0.15, 0.2) is 22.7 Å². The molecular formula is C20H24FN3O3. The number of anilines is 1. The molecule has 2 bridgehead atoms. The molecule has 144 valence electrons. The second kappa shape index (κ2) is 6.87. The maximum Gasteiger partial charge on any atom is 0.261 e. The van der Waals surface area contributed by atoms with Gasteiger partial charge in [-0.25, -0.2) is 4.39 Å². The Hall–Kier alpha value is -2.57. The summed E-state index contributed by atoms with van der Waals surface area (Å²) in [5.41, 5.74) is 0.993. The Morgan fingerprint density at radius 2 is 2.00 bits per heavy atom. The molecule has 2 heterocycles. The zero-order valence-corrected chi connectivity index (χ0v) is 15.9. The van der Waals surface area contributed by atoms with Gasteiger partial charge in [-0.05, 0) is 49.3 Å². The van der Waals surface area contributed by atoms with Gasteiger partial charge in [-0.15, -0.1) is 0 Å². The van der Waals surface area contributed by atoms with Gasteiger partial charge in [-0.1, -0.05) is 5.16 Å². The number of carbonyl (C=O) groups is 1. The van der Waals surface area contributed by atoms with Crippen LogP contribution in [0.25, 0.3) is 11.3 Å². The first kappa shape index (κ1) is 17.8. The summed E-state index contributed by atoms with van der Waals surface area (Å²) in [6, 6.07) is 4.42. The summed E-state index contributed by atoms with van der Waals surface area (Å²) in [7, 11) is 5.05. The molecule has 1 amide bonds. The van der Waals surface area contributed by atoms with Crippen molar-refractivity contribution in [2.24, 2.45) is 11.8 Å². The van der Waals surface area contributed by atoms with Crippen molar-refractivity contribution in [2.75, 3.05) is 39.2 Å². The maximum atomic E-state index is 13.8. The van der Waals surface area contributed by atoms with Gasteiger partial charge in [0.1, 0.15) is 5.56 Å². The van der Waals surface area contributed by atoms with Crippen molar-refractivity contribution in [1.29, 1.82) is 0 Å².